The van der Waals surface area contributed by atoms with E-state index in [0.29, 0.717) is 13.0 Å². The maximum atomic E-state index is 12.4. The molecule has 2 aromatic carbocycles. The average Bonchev–Trinajstić information content (AvgIpc) is 2.87. The molecular formula is C30H44N2O4. The summed E-state index contributed by atoms with van der Waals surface area (Å²) in [5.74, 6) is -0.298. The Morgan fingerprint density at radius 2 is 1.42 bits per heavy atom. The van der Waals surface area contributed by atoms with Crippen molar-refractivity contribution in [3.8, 4) is 0 Å². The SMILES string of the molecule is CN(C)C[C@@H](CC(=O)OCc1ccccc1)NC(=O)CCCCCCCOCCCc1ccccc1. The van der Waals surface area contributed by atoms with Crippen molar-refractivity contribution in [2.24, 2.45) is 0 Å². The Labute approximate surface area is 217 Å². The van der Waals surface area contributed by atoms with Gasteiger partial charge in [0.25, 0.3) is 0 Å². The van der Waals surface area contributed by atoms with Crippen LogP contribution in [0.4, 0.5) is 0 Å². The molecule has 2 aromatic rings. The van der Waals surface area contributed by atoms with Crippen molar-refractivity contribution in [1.82, 2.24) is 10.2 Å². The molecule has 198 valence electrons. The molecule has 6 nitrogen and oxygen atoms in total. The van der Waals surface area contributed by atoms with Crippen molar-refractivity contribution in [2.45, 2.75) is 70.4 Å². The van der Waals surface area contributed by atoms with Gasteiger partial charge in [-0.1, -0.05) is 79.9 Å². The van der Waals surface area contributed by atoms with Crippen LogP contribution in [0.5, 0.6) is 0 Å². The molecule has 6 heteroatoms. The van der Waals surface area contributed by atoms with Gasteiger partial charge >= 0.3 is 5.97 Å². The number of hydrogen-bond donors (Lipinski definition) is 1. The summed E-state index contributed by atoms with van der Waals surface area (Å²) in [6.45, 7) is 2.46. The number of nitrogens with zero attached hydrogens (tertiary/aromatic N) is 1. The normalized spacial score (nSPS) is 11.9. The van der Waals surface area contributed by atoms with E-state index in [0.717, 1.165) is 63.7 Å². The molecule has 1 N–H and O–H groups in total. The molecule has 0 saturated heterocycles. The van der Waals surface area contributed by atoms with Gasteiger partial charge in [0, 0.05) is 26.2 Å². The molecule has 0 aliphatic rings. The molecule has 2 rings (SSSR count). The Morgan fingerprint density at radius 3 is 2.11 bits per heavy atom. The number of carbonyl (C=O) groups excluding carboxylic acids is 2. The Kier molecular flexibility index (Phi) is 15.2. The number of unbranched alkanes of at least 4 members (excludes halogenated alkanes) is 4. The quantitative estimate of drug-likeness (QED) is 0.215. The Bertz CT molecular complexity index is 843. The molecule has 1 amide bonds. The number of amides is 1. The highest BCUT2D eigenvalue weighted by Crippen LogP contribution is 2.08. The molecule has 0 radical (unpaired) electrons. The third-order valence-electron chi connectivity index (χ3n) is 5.90. The molecule has 0 spiro atoms. The second kappa shape index (κ2) is 18.6. The Hall–Kier alpha value is -2.70. The van der Waals surface area contributed by atoms with Gasteiger partial charge in [-0.2, -0.15) is 0 Å². The standard InChI is InChI=1S/C30H44N2O4/c1-32(2)24-28(23-30(34)36-25-27-17-10-7-11-18-27)31-29(33)20-12-4-3-5-13-21-35-22-14-19-26-15-8-6-9-16-26/h6-11,15-18,28H,3-5,12-14,19-25H2,1-2H3,(H,31,33)/t28-/m1/s1. The summed E-state index contributed by atoms with van der Waals surface area (Å²) in [5, 5.41) is 3.02. The fourth-order valence-corrected chi connectivity index (χ4v) is 4.05. The number of rotatable bonds is 19. The average molecular weight is 497 g/mol. The third kappa shape index (κ3) is 14.6. The molecule has 0 saturated carbocycles. The fraction of sp³-hybridized carbons (Fsp3) is 0.533. The zero-order chi connectivity index (χ0) is 25.8. The number of carbonyl (C=O) groups is 2. The van der Waals surface area contributed by atoms with Crippen LogP contribution in [0.15, 0.2) is 60.7 Å². The highest BCUT2D eigenvalue weighted by atomic mass is 16.5. The summed E-state index contributed by atoms with van der Waals surface area (Å²) < 4.78 is 11.1. The highest BCUT2D eigenvalue weighted by molar-refractivity contribution is 5.77. The van der Waals surface area contributed by atoms with Crippen LogP contribution in [0, 0.1) is 0 Å². The van der Waals surface area contributed by atoms with E-state index >= 15 is 0 Å². The zero-order valence-electron chi connectivity index (χ0n) is 22.1. The first-order chi connectivity index (χ1) is 17.5. The van der Waals surface area contributed by atoms with E-state index < -0.39 is 0 Å². The number of ether oxygens (including phenoxy) is 2. The van der Waals surface area contributed by atoms with Crippen LogP contribution in [-0.4, -0.2) is 56.7 Å². The van der Waals surface area contributed by atoms with Crippen LogP contribution in [0.2, 0.25) is 0 Å². The van der Waals surface area contributed by atoms with Crippen molar-refractivity contribution in [3.05, 3.63) is 71.8 Å². The van der Waals surface area contributed by atoms with E-state index in [9.17, 15) is 9.59 Å². The maximum absolute atomic E-state index is 12.4. The summed E-state index contributed by atoms with van der Waals surface area (Å²) in [7, 11) is 3.86. The largest absolute Gasteiger partial charge is 0.461 e. The summed E-state index contributed by atoms with van der Waals surface area (Å²) in [6, 6.07) is 19.9. The van der Waals surface area contributed by atoms with Gasteiger partial charge in [0.1, 0.15) is 6.61 Å². The van der Waals surface area contributed by atoms with E-state index in [-0.39, 0.29) is 30.9 Å². The minimum absolute atomic E-state index is 0.000501. The van der Waals surface area contributed by atoms with E-state index in [1.54, 1.807) is 0 Å². The van der Waals surface area contributed by atoms with Gasteiger partial charge < -0.3 is 19.7 Å². The van der Waals surface area contributed by atoms with Crippen LogP contribution in [-0.2, 0) is 32.1 Å². The topological polar surface area (TPSA) is 67.9 Å². The van der Waals surface area contributed by atoms with Gasteiger partial charge in [0.05, 0.1) is 12.5 Å². The lowest BCUT2D eigenvalue weighted by atomic mass is 10.1. The van der Waals surface area contributed by atoms with Crippen molar-refractivity contribution < 1.29 is 19.1 Å². The number of esters is 1. The molecule has 1 atom stereocenters. The lowest BCUT2D eigenvalue weighted by Crippen LogP contribution is -2.43. The number of aryl methyl sites for hydroxylation is 1. The smallest absolute Gasteiger partial charge is 0.308 e. The van der Waals surface area contributed by atoms with Crippen LogP contribution < -0.4 is 5.32 Å². The maximum Gasteiger partial charge on any atom is 0.308 e. The summed E-state index contributed by atoms with van der Waals surface area (Å²) in [6.07, 6.45) is 7.95. The van der Waals surface area contributed by atoms with Crippen LogP contribution in [0.3, 0.4) is 0 Å². The van der Waals surface area contributed by atoms with Gasteiger partial charge in [-0.05, 0) is 50.9 Å². The molecular weight excluding hydrogens is 452 g/mol. The Balaban J connectivity index is 1.49. The van der Waals surface area contributed by atoms with Gasteiger partial charge in [-0.3, -0.25) is 9.59 Å². The fourth-order valence-electron chi connectivity index (χ4n) is 4.05. The molecule has 0 aromatic heterocycles. The number of hydrogen-bond acceptors (Lipinski definition) is 5. The van der Waals surface area contributed by atoms with Crippen LogP contribution in [0.1, 0.15) is 62.5 Å². The van der Waals surface area contributed by atoms with Crippen molar-refractivity contribution in [3.63, 3.8) is 0 Å². The first kappa shape index (κ1) is 29.5. The second-order valence-corrected chi connectivity index (χ2v) is 9.60. The van der Waals surface area contributed by atoms with Crippen LogP contribution >= 0.6 is 0 Å². The van der Waals surface area contributed by atoms with Crippen molar-refractivity contribution in [2.75, 3.05) is 33.9 Å². The molecule has 0 fully saturated rings. The molecule has 0 heterocycles. The third-order valence-corrected chi connectivity index (χ3v) is 5.90. The molecule has 0 bridgehead atoms. The van der Waals surface area contributed by atoms with Crippen LogP contribution in [0.25, 0.3) is 0 Å². The Morgan fingerprint density at radius 1 is 0.806 bits per heavy atom. The van der Waals surface area contributed by atoms with Gasteiger partial charge in [0.2, 0.25) is 5.91 Å². The zero-order valence-corrected chi connectivity index (χ0v) is 22.1. The predicted octanol–water partition coefficient (Wildman–Crippen LogP) is 5.16. The van der Waals surface area contributed by atoms with E-state index in [1.807, 2.05) is 55.4 Å². The number of benzene rings is 2. The molecule has 0 unspecified atom stereocenters. The lowest BCUT2D eigenvalue weighted by Gasteiger charge is -2.22. The summed E-state index contributed by atoms with van der Waals surface area (Å²) in [4.78, 5) is 26.7. The minimum Gasteiger partial charge on any atom is -0.461 e. The molecule has 0 aliphatic heterocycles. The number of likely N-dealkylation sites (N-methyl/N-ethyl adjacent to an activating group) is 1. The van der Waals surface area contributed by atoms with E-state index in [4.69, 9.17) is 9.47 Å². The van der Waals surface area contributed by atoms with Crippen molar-refractivity contribution in [1.29, 1.82) is 0 Å². The number of nitrogens with one attached hydrogen (secondary N) is 1. The van der Waals surface area contributed by atoms with Gasteiger partial charge in [-0.25, -0.2) is 0 Å². The van der Waals surface area contributed by atoms with Gasteiger partial charge in [0.15, 0.2) is 0 Å². The first-order valence-corrected chi connectivity index (χ1v) is 13.3. The predicted molar refractivity (Wildman–Crippen MR) is 145 cm³/mol. The van der Waals surface area contributed by atoms with E-state index in [2.05, 4.69) is 29.6 Å². The summed E-state index contributed by atoms with van der Waals surface area (Å²) in [5.41, 5.74) is 2.31. The highest BCUT2D eigenvalue weighted by Gasteiger charge is 2.18. The first-order valence-electron chi connectivity index (χ1n) is 13.3. The van der Waals surface area contributed by atoms with Gasteiger partial charge in [-0.15, -0.1) is 0 Å². The van der Waals surface area contributed by atoms with E-state index in [1.165, 1.54) is 5.56 Å². The second-order valence-electron chi connectivity index (χ2n) is 9.60. The molecule has 36 heavy (non-hydrogen) atoms. The lowest BCUT2D eigenvalue weighted by molar-refractivity contribution is -0.145. The molecule has 0 aliphatic carbocycles. The minimum atomic E-state index is -0.298. The monoisotopic (exact) mass is 496 g/mol. The summed E-state index contributed by atoms with van der Waals surface area (Å²) >= 11 is 0. The van der Waals surface area contributed by atoms with Crippen molar-refractivity contribution >= 4 is 11.9 Å².